The number of amides is 2. The molecule has 1 fully saturated rings. The fourth-order valence-corrected chi connectivity index (χ4v) is 2.16. The molecule has 2 amide bonds. The maximum absolute atomic E-state index is 12.1. The molecule has 0 radical (unpaired) electrons. The molecule has 1 heterocycles. The normalized spacial score (nSPS) is 15.9. The van der Waals surface area contributed by atoms with Gasteiger partial charge in [0.25, 0.3) is 11.8 Å². The fraction of sp³-hybridized carbons (Fsp3) is 0.267. The SMILES string of the molecule is CCc1ccc(C=C2C(=O)N(C)C(=S)N(C)C2=O)cc1. The van der Waals surface area contributed by atoms with E-state index in [1.807, 2.05) is 24.3 Å². The molecular weight excluding hydrogens is 272 g/mol. The number of rotatable bonds is 2. The third-order valence-electron chi connectivity index (χ3n) is 3.34. The predicted molar refractivity (Wildman–Crippen MR) is 81.9 cm³/mol. The van der Waals surface area contributed by atoms with Crippen LogP contribution in [-0.2, 0) is 16.0 Å². The topological polar surface area (TPSA) is 40.6 Å². The van der Waals surface area contributed by atoms with Gasteiger partial charge in [-0.05, 0) is 35.8 Å². The van der Waals surface area contributed by atoms with Crippen LogP contribution in [0.1, 0.15) is 18.1 Å². The van der Waals surface area contributed by atoms with E-state index in [4.69, 9.17) is 12.2 Å². The van der Waals surface area contributed by atoms with E-state index in [2.05, 4.69) is 6.92 Å². The molecule has 0 aromatic heterocycles. The van der Waals surface area contributed by atoms with Crippen molar-refractivity contribution in [3.05, 3.63) is 41.0 Å². The lowest BCUT2D eigenvalue weighted by Crippen LogP contribution is -2.52. The minimum Gasteiger partial charge on any atom is -0.288 e. The first-order chi connectivity index (χ1) is 9.45. The number of carbonyl (C=O) groups is 2. The van der Waals surface area contributed by atoms with Gasteiger partial charge in [-0.15, -0.1) is 0 Å². The number of benzene rings is 1. The van der Waals surface area contributed by atoms with Crippen molar-refractivity contribution in [1.29, 1.82) is 0 Å². The minimum absolute atomic E-state index is 0.132. The number of hydrogen-bond acceptors (Lipinski definition) is 3. The molecule has 0 saturated carbocycles. The molecule has 4 nitrogen and oxygen atoms in total. The predicted octanol–water partition coefficient (Wildman–Crippen LogP) is 1.85. The number of thiocarbonyl (C=S) groups is 1. The average Bonchev–Trinajstić information content (AvgIpc) is 2.48. The average molecular weight is 288 g/mol. The Morgan fingerprint density at radius 1 is 1.05 bits per heavy atom. The van der Waals surface area contributed by atoms with Gasteiger partial charge in [0.2, 0.25) is 0 Å². The summed E-state index contributed by atoms with van der Waals surface area (Å²) in [4.78, 5) is 26.9. The lowest BCUT2D eigenvalue weighted by atomic mass is 10.0. The van der Waals surface area contributed by atoms with E-state index in [-0.39, 0.29) is 22.5 Å². The number of carbonyl (C=O) groups excluding carboxylic acids is 2. The van der Waals surface area contributed by atoms with Gasteiger partial charge in [0.05, 0.1) is 0 Å². The molecule has 1 aliphatic rings. The Balaban J connectivity index is 2.38. The molecule has 5 heteroatoms. The summed E-state index contributed by atoms with van der Waals surface area (Å²) in [5, 5.41) is 0.221. The monoisotopic (exact) mass is 288 g/mol. The highest BCUT2D eigenvalue weighted by Gasteiger charge is 2.35. The summed E-state index contributed by atoms with van der Waals surface area (Å²) in [6.45, 7) is 2.08. The Kier molecular flexibility index (Phi) is 3.99. The Morgan fingerprint density at radius 2 is 1.55 bits per heavy atom. The van der Waals surface area contributed by atoms with Gasteiger partial charge >= 0.3 is 0 Å². The lowest BCUT2D eigenvalue weighted by Gasteiger charge is -2.31. The third-order valence-corrected chi connectivity index (χ3v) is 3.89. The Hall–Kier alpha value is -2.01. The van der Waals surface area contributed by atoms with Gasteiger partial charge in [-0.2, -0.15) is 0 Å². The van der Waals surface area contributed by atoms with Gasteiger partial charge in [0, 0.05) is 14.1 Å². The van der Waals surface area contributed by atoms with Crippen molar-refractivity contribution < 1.29 is 9.59 Å². The van der Waals surface area contributed by atoms with E-state index >= 15 is 0 Å². The summed E-state index contributed by atoms with van der Waals surface area (Å²) in [7, 11) is 3.14. The van der Waals surface area contributed by atoms with E-state index < -0.39 is 0 Å². The molecule has 2 rings (SSSR count). The summed E-state index contributed by atoms with van der Waals surface area (Å²) in [6.07, 6.45) is 2.56. The molecule has 0 aliphatic carbocycles. The molecule has 0 spiro atoms. The molecule has 1 aromatic rings. The zero-order chi connectivity index (χ0) is 14.9. The van der Waals surface area contributed by atoms with Gasteiger partial charge in [0.15, 0.2) is 5.11 Å². The molecule has 0 unspecified atom stereocenters. The Bertz CT molecular complexity index is 579. The zero-order valence-corrected chi connectivity index (χ0v) is 12.5. The second-order valence-corrected chi connectivity index (χ2v) is 5.03. The lowest BCUT2D eigenvalue weighted by molar-refractivity contribution is -0.132. The van der Waals surface area contributed by atoms with E-state index in [0.29, 0.717) is 0 Å². The zero-order valence-electron chi connectivity index (χ0n) is 11.7. The van der Waals surface area contributed by atoms with E-state index in [1.54, 1.807) is 20.2 Å². The first-order valence-corrected chi connectivity index (χ1v) is 6.77. The van der Waals surface area contributed by atoms with Gasteiger partial charge in [-0.25, -0.2) is 0 Å². The van der Waals surface area contributed by atoms with Crippen molar-refractivity contribution in [3.8, 4) is 0 Å². The van der Waals surface area contributed by atoms with Crippen LogP contribution < -0.4 is 0 Å². The molecular formula is C15H16N2O2S. The van der Waals surface area contributed by atoms with E-state index in [1.165, 1.54) is 15.4 Å². The molecule has 104 valence electrons. The van der Waals surface area contributed by atoms with Crippen LogP contribution in [0.3, 0.4) is 0 Å². The number of aryl methyl sites for hydroxylation is 1. The van der Waals surface area contributed by atoms with Gasteiger partial charge < -0.3 is 0 Å². The Labute approximate surface area is 123 Å². The van der Waals surface area contributed by atoms with Crippen LogP contribution in [0.5, 0.6) is 0 Å². The van der Waals surface area contributed by atoms with Crippen LogP contribution in [0, 0.1) is 0 Å². The highest BCUT2D eigenvalue weighted by atomic mass is 32.1. The summed E-state index contributed by atoms with van der Waals surface area (Å²) in [5.41, 5.74) is 2.17. The van der Waals surface area contributed by atoms with Crippen LogP contribution in [0.2, 0.25) is 0 Å². The number of hydrogen-bond donors (Lipinski definition) is 0. The first-order valence-electron chi connectivity index (χ1n) is 6.36. The van der Waals surface area contributed by atoms with Crippen molar-refractivity contribution in [3.63, 3.8) is 0 Å². The molecule has 0 bridgehead atoms. The first kappa shape index (κ1) is 14.4. The minimum atomic E-state index is -0.363. The second-order valence-electron chi connectivity index (χ2n) is 4.66. The summed E-state index contributed by atoms with van der Waals surface area (Å²) >= 11 is 5.04. The van der Waals surface area contributed by atoms with E-state index in [0.717, 1.165) is 12.0 Å². The van der Waals surface area contributed by atoms with Crippen LogP contribution >= 0.6 is 12.2 Å². The maximum Gasteiger partial charge on any atom is 0.265 e. The number of likely N-dealkylation sites (N-methyl/N-ethyl adjacent to an activating group) is 2. The summed E-state index contributed by atoms with van der Waals surface area (Å²) in [5.74, 6) is -0.727. The number of nitrogens with zero attached hydrogens (tertiary/aromatic N) is 2. The highest BCUT2D eigenvalue weighted by molar-refractivity contribution is 7.80. The van der Waals surface area contributed by atoms with Crippen LogP contribution in [0.4, 0.5) is 0 Å². The smallest absolute Gasteiger partial charge is 0.265 e. The Morgan fingerprint density at radius 3 is 2.00 bits per heavy atom. The fourth-order valence-electron chi connectivity index (χ4n) is 1.99. The summed E-state index contributed by atoms with van der Waals surface area (Å²) in [6, 6.07) is 7.78. The van der Waals surface area contributed by atoms with Crippen molar-refractivity contribution in [2.75, 3.05) is 14.1 Å². The van der Waals surface area contributed by atoms with Crippen molar-refractivity contribution in [2.24, 2.45) is 0 Å². The molecule has 20 heavy (non-hydrogen) atoms. The van der Waals surface area contributed by atoms with Crippen LogP contribution in [0.15, 0.2) is 29.8 Å². The van der Waals surface area contributed by atoms with Gasteiger partial charge in [-0.1, -0.05) is 31.2 Å². The molecule has 1 saturated heterocycles. The maximum atomic E-state index is 12.1. The molecule has 0 atom stereocenters. The van der Waals surface area contributed by atoms with Crippen LogP contribution in [0.25, 0.3) is 6.08 Å². The van der Waals surface area contributed by atoms with Gasteiger partial charge in [0.1, 0.15) is 5.57 Å². The standard InChI is InChI=1S/C15H16N2O2S/c1-4-10-5-7-11(8-6-10)9-12-13(18)16(2)15(20)17(3)14(12)19/h5-9H,4H2,1-3H3. The van der Waals surface area contributed by atoms with E-state index in [9.17, 15) is 9.59 Å². The largest absolute Gasteiger partial charge is 0.288 e. The molecule has 0 N–H and O–H groups in total. The quantitative estimate of drug-likeness (QED) is 0.474. The van der Waals surface area contributed by atoms with Gasteiger partial charge in [-0.3, -0.25) is 19.4 Å². The second kappa shape index (κ2) is 5.54. The van der Waals surface area contributed by atoms with Crippen molar-refractivity contribution >= 4 is 35.2 Å². The highest BCUT2D eigenvalue weighted by Crippen LogP contribution is 2.18. The van der Waals surface area contributed by atoms with Crippen molar-refractivity contribution in [2.45, 2.75) is 13.3 Å². The van der Waals surface area contributed by atoms with Crippen molar-refractivity contribution in [1.82, 2.24) is 9.80 Å². The third kappa shape index (κ3) is 2.49. The molecule has 1 aromatic carbocycles. The molecule has 1 aliphatic heterocycles. The van der Waals surface area contributed by atoms with Crippen LogP contribution in [-0.4, -0.2) is 40.8 Å². The summed E-state index contributed by atoms with van der Waals surface area (Å²) < 4.78 is 0.